The van der Waals surface area contributed by atoms with Crippen molar-refractivity contribution in [2.75, 3.05) is 0 Å². The first-order chi connectivity index (χ1) is 8.16. The van der Waals surface area contributed by atoms with Crippen LogP contribution in [0.4, 0.5) is 0 Å². The zero-order chi connectivity index (χ0) is 12.3. The molecule has 0 unspecified atom stereocenters. The van der Waals surface area contributed by atoms with Gasteiger partial charge in [-0.3, -0.25) is 0 Å². The van der Waals surface area contributed by atoms with Gasteiger partial charge in [0.05, 0.1) is 0 Å². The molecule has 0 atom stereocenters. The van der Waals surface area contributed by atoms with E-state index < -0.39 is 0 Å². The molecule has 0 saturated heterocycles. The van der Waals surface area contributed by atoms with E-state index in [0.29, 0.717) is 0 Å². The van der Waals surface area contributed by atoms with Crippen molar-refractivity contribution < 1.29 is 0 Å². The first-order valence-electron chi connectivity index (χ1n) is 6.90. The molecule has 1 aromatic rings. The lowest BCUT2D eigenvalue weighted by Crippen LogP contribution is -2.19. The second kappa shape index (κ2) is 6.04. The van der Waals surface area contributed by atoms with E-state index in [4.69, 9.17) is 0 Å². The summed E-state index contributed by atoms with van der Waals surface area (Å²) in [5.74, 6) is 2.76. The third kappa shape index (κ3) is 3.58. The van der Waals surface area contributed by atoms with Crippen LogP contribution in [0.5, 0.6) is 0 Å². The van der Waals surface area contributed by atoms with Crippen LogP contribution < -0.4 is 0 Å². The molecule has 1 fully saturated rings. The summed E-state index contributed by atoms with van der Waals surface area (Å²) in [6.07, 6.45) is 6.97. The monoisotopic (exact) mass is 294 g/mol. The number of rotatable bonds is 3. The summed E-state index contributed by atoms with van der Waals surface area (Å²) in [7, 11) is 0. The van der Waals surface area contributed by atoms with Crippen LogP contribution in [-0.2, 0) is 6.42 Å². The maximum Gasteiger partial charge on any atom is 0.0207 e. The van der Waals surface area contributed by atoms with E-state index in [0.717, 1.165) is 17.8 Å². The highest BCUT2D eigenvalue weighted by molar-refractivity contribution is 9.10. The molecular formula is C16H23Br. The van der Waals surface area contributed by atoms with Crippen LogP contribution in [-0.4, -0.2) is 0 Å². The van der Waals surface area contributed by atoms with Crippen LogP contribution >= 0.6 is 15.9 Å². The van der Waals surface area contributed by atoms with E-state index in [-0.39, 0.29) is 0 Å². The molecule has 1 aromatic carbocycles. The van der Waals surface area contributed by atoms with Crippen molar-refractivity contribution >= 4 is 15.9 Å². The third-order valence-corrected chi connectivity index (χ3v) is 5.07. The van der Waals surface area contributed by atoms with E-state index in [1.807, 2.05) is 0 Å². The summed E-state index contributed by atoms with van der Waals surface area (Å²) < 4.78 is 1.28. The summed E-state index contributed by atoms with van der Waals surface area (Å²) in [5.41, 5.74) is 1.49. The lowest BCUT2D eigenvalue weighted by Gasteiger charge is -2.31. The summed E-state index contributed by atoms with van der Waals surface area (Å²) >= 11 is 3.66. The summed E-state index contributed by atoms with van der Waals surface area (Å²) in [5, 5.41) is 0. The number of benzene rings is 1. The fourth-order valence-corrected chi connectivity index (χ4v) is 3.48. The highest BCUT2D eigenvalue weighted by Gasteiger charge is 2.23. The van der Waals surface area contributed by atoms with Gasteiger partial charge in [-0.1, -0.05) is 48.0 Å². The Balaban J connectivity index is 1.88. The molecule has 0 N–H and O–H groups in total. The minimum atomic E-state index is 0.874. The average molecular weight is 295 g/mol. The van der Waals surface area contributed by atoms with Gasteiger partial charge < -0.3 is 0 Å². The van der Waals surface area contributed by atoms with Crippen LogP contribution in [0.25, 0.3) is 0 Å². The largest absolute Gasteiger partial charge is 0.0625 e. The van der Waals surface area contributed by atoms with E-state index in [9.17, 15) is 0 Å². The Labute approximate surface area is 114 Å². The second-order valence-electron chi connectivity index (χ2n) is 5.82. The van der Waals surface area contributed by atoms with Gasteiger partial charge in [-0.2, -0.15) is 0 Å². The molecule has 1 heteroatoms. The van der Waals surface area contributed by atoms with Gasteiger partial charge >= 0.3 is 0 Å². The highest BCUT2D eigenvalue weighted by Crippen LogP contribution is 2.35. The Kier molecular flexibility index (Phi) is 4.67. The standard InChI is InChI=1S/C16H23Br/c1-12(2)14-9-7-13(8-10-14)11-15-5-3-4-6-16(15)17/h3-6,12-14H,7-11H2,1-2H3. The van der Waals surface area contributed by atoms with Crippen molar-refractivity contribution in [2.24, 2.45) is 17.8 Å². The van der Waals surface area contributed by atoms with Crippen molar-refractivity contribution in [1.82, 2.24) is 0 Å². The van der Waals surface area contributed by atoms with E-state index in [1.54, 1.807) is 0 Å². The fourth-order valence-electron chi connectivity index (χ4n) is 3.03. The predicted molar refractivity (Wildman–Crippen MR) is 78.1 cm³/mol. The fraction of sp³-hybridized carbons (Fsp3) is 0.625. The molecule has 17 heavy (non-hydrogen) atoms. The quantitative estimate of drug-likeness (QED) is 0.695. The van der Waals surface area contributed by atoms with Gasteiger partial charge in [0.25, 0.3) is 0 Å². The Morgan fingerprint density at radius 1 is 1.12 bits per heavy atom. The van der Waals surface area contributed by atoms with E-state index in [1.165, 1.54) is 42.1 Å². The first kappa shape index (κ1) is 13.1. The lowest BCUT2D eigenvalue weighted by atomic mass is 9.75. The molecule has 0 aromatic heterocycles. The number of halogens is 1. The molecule has 94 valence electrons. The van der Waals surface area contributed by atoms with Crippen LogP contribution in [0.2, 0.25) is 0 Å². The van der Waals surface area contributed by atoms with Gasteiger partial charge in [0.1, 0.15) is 0 Å². The highest BCUT2D eigenvalue weighted by atomic mass is 79.9. The molecule has 0 spiro atoms. The summed E-state index contributed by atoms with van der Waals surface area (Å²) in [6.45, 7) is 4.75. The summed E-state index contributed by atoms with van der Waals surface area (Å²) in [4.78, 5) is 0. The zero-order valence-corrected chi connectivity index (χ0v) is 12.5. The van der Waals surface area contributed by atoms with Crippen LogP contribution in [0, 0.1) is 17.8 Å². The normalized spacial score (nSPS) is 25.2. The predicted octanol–water partition coefficient (Wildman–Crippen LogP) is 5.45. The van der Waals surface area contributed by atoms with Crippen molar-refractivity contribution in [1.29, 1.82) is 0 Å². The second-order valence-corrected chi connectivity index (χ2v) is 6.67. The molecule has 0 heterocycles. The van der Waals surface area contributed by atoms with Gasteiger partial charge in [-0.05, 0) is 61.5 Å². The van der Waals surface area contributed by atoms with Crippen LogP contribution in [0.1, 0.15) is 45.1 Å². The van der Waals surface area contributed by atoms with E-state index in [2.05, 4.69) is 54.0 Å². The first-order valence-corrected chi connectivity index (χ1v) is 7.69. The maximum atomic E-state index is 3.66. The Morgan fingerprint density at radius 2 is 1.76 bits per heavy atom. The van der Waals surface area contributed by atoms with Gasteiger partial charge in [0.2, 0.25) is 0 Å². The molecule has 0 amide bonds. The van der Waals surface area contributed by atoms with Gasteiger partial charge in [-0.25, -0.2) is 0 Å². The average Bonchev–Trinajstić information content (AvgIpc) is 2.33. The lowest BCUT2D eigenvalue weighted by molar-refractivity contribution is 0.223. The topological polar surface area (TPSA) is 0 Å². The SMILES string of the molecule is CC(C)C1CCC(Cc2ccccc2Br)CC1. The minimum absolute atomic E-state index is 0.874. The van der Waals surface area contributed by atoms with Gasteiger partial charge in [-0.15, -0.1) is 0 Å². The van der Waals surface area contributed by atoms with E-state index >= 15 is 0 Å². The zero-order valence-electron chi connectivity index (χ0n) is 11.0. The van der Waals surface area contributed by atoms with Gasteiger partial charge in [0, 0.05) is 4.47 Å². The smallest absolute Gasteiger partial charge is 0.0207 e. The molecule has 2 rings (SSSR count). The van der Waals surface area contributed by atoms with Gasteiger partial charge in [0.15, 0.2) is 0 Å². The molecule has 0 radical (unpaired) electrons. The molecule has 0 bridgehead atoms. The van der Waals surface area contributed by atoms with Crippen molar-refractivity contribution in [3.63, 3.8) is 0 Å². The van der Waals surface area contributed by atoms with Crippen molar-refractivity contribution in [3.8, 4) is 0 Å². The Bertz CT molecular complexity index is 348. The Hall–Kier alpha value is -0.300. The van der Waals surface area contributed by atoms with Crippen molar-refractivity contribution in [2.45, 2.75) is 46.0 Å². The Morgan fingerprint density at radius 3 is 2.35 bits per heavy atom. The molecular weight excluding hydrogens is 272 g/mol. The van der Waals surface area contributed by atoms with Crippen LogP contribution in [0.3, 0.4) is 0 Å². The number of hydrogen-bond donors (Lipinski definition) is 0. The molecule has 1 aliphatic carbocycles. The van der Waals surface area contributed by atoms with Crippen molar-refractivity contribution in [3.05, 3.63) is 34.3 Å². The molecule has 0 nitrogen and oxygen atoms in total. The third-order valence-electron chi connectivity index (χ3n) is 4.30. The summed E-state index contributed by atoms with van der Waals surface area (Å²) in [6, 6.07) is 8.68. The molecule has 1 saturated carbocycles. The maximum absolute atomic E-state index is 3.66. The van der Waals surface area contributed by atoms with Crippen LogP contribution in [0.15, 0.2) is 28.7 Å². The molecule has 0 aliphatic heterocycles. The molecule has 1 aliphatic rings. The number of hydrogen-bond acceptors (Lipinski definition) is 0. The minimum Gasteiger partial charge on any atom is -0.0625 e.